The van der Waals surface area contributed by atoms with E-state index >= 15 is 0 Å². The maximum absolute atomic E-state index is 12.6. The van der Waals surface area contributed by atoms with Crippen LogP contribution in [0.15, 0.2) is 24.3 Å². The van der Waals surface area contributed by atoms with Crippen molar-refractivity contribution in [1.82, 2.24) is 4.90 Å². The van der Waals surface area contributed by atoms with Gasteiger partial charge in [-0.1, -0.05) is 45.7 Å². The number of carbonyl (C=O) groups excluding carboxylic acids is 2. The van der Waals surface area contributed by atoms with Crippen LogP contribution in [0.5, 0.6) is 0 Å². The van der Waals surface area contributed by atoms with Crippen LogP contribution in [0, 0.1) is 5.92 Å². The molecule has 0 saturated carbocycles. The van der Waals surface area contributed by atoms with Crippen molar-refractivity contribution in [3.8, 4) is 0 Å². The predicted octanol–water partition coefficient (Wildman–Crippen LogP) is 4.96. The highest BCUT2D eigenvalue weighted by Gasteiger charge is 2.19. The molecule has 3 heteroatoms. The minimum atomic E-state index is 0.0476. The van der Waals surface area contributed by atoms with Gasteiger partial charge in [0.05, 0.1) is 0 Å². The zero-order chi connectivity index (χ0) is 17.2. The molecule has 0 spiro atoms. The van der Waals surface area contributed by atoms with Crippen LogP contribution in [-0.2, 0) is 0 Å². The maximum atomic E-state index is 12.6. The van der Waals surface area contributed by atoms with Crippen molar-refractivity contribution in [2.75, 3.05) is 13.1 Å². The van der Waals surface area contributed by atoms with Crippen molar-refractivity contribution in [2.45, 2.75) is 59.8 Å². The summed E-state index contributed by atoms with van der Waals surface area (Å²) in [5, 5.41) is 0. The number of amides is 1. The molecule has 0 N–H and O–H groups in total. The Hall–Kier alpha value is -1.64. The maximum Gasteiger partial charge on any atom is 0.253 e. The Morgan fingerprint density at radius 2 is 1.57 bits per heavy atom. The molecule has 0 aromatic heterocycles. The summed E-state index contributed by atoms with van der Waals surface area (Å²) < 4.78 is 0. The molecule has 0 radical (unpaired) electrons. The quantitative estimate of drug-likeness (QED) is 0.572. The molecule has 0 heterocycles. The number of nitrogens with zero attached hydrogens (tertiary/aromatic N) is 1. The van der Waals surface area contributed by atoms with E-state index in [0.717, 1.165) is 44.2 Å². The fourth-order valence-electron chi connectivity index (χ4n) is 2.84. The van der Waals surface area contributed by atoms with Gasteiger partial charge in [0.25, 0.3) is 5.91 Å². The topological polar surface area (TPSA) is 37.4 Å². The number of benzene rings is 1. The van der Waals surface area contributed by atoms with Gasteiger partial charge in [-0.25, -0.2) is 0 Å². The van der Waals surface area contributed by atoms with Crippen LogP contribution in [0.25, 0.3) is 0 Å². The molecule has 1 rings (SSSR count). The van der Waals surface area contributed by atoms with Gasteiger partial charge >= 0.3 is 0 Å². The third-order valence-electron chi connectivity index (χ3n) is 4.35. The van der Waals surface area contributed by atoms with Crippen molar-refractivity contribution in [2.24, 2.45) is 5.92 Å². The second kappa shape index (κ2) is 10.2. The van der Waals surface area contributed by atoms with Gasteiger partial charge in [0, 0.05) is 30.1 Å². The first kappa shape index (κ1) is 19.4. The van der Waals surface area contributed by atoms with Crippen LogP contribution in [0.3, 0.4) is 0 Å². The fraction of sp³-hybridized carbons (Fsp3) is 0.600. The summed E-state index contributed by atoms with van der Waals surface area (Å²) in [6.07, 6.45) is 4.98. The van der Waals surface area contributed by atoms with Gasteiger partial charge in [0.1, 0.15) is 0 Å². The lowest BCUT2D eigenvalue weighted by atomic mass is 9.90. The highest BCUT2D eigenvalue weighted by molar-refractivity contribution is 5.99. The number of ketones is 1. The molecule has 0 aliphatic carbocycles. The molecule has 1 aromatic rings. The molecule has 0 bridgehead atoms. The van der Waals surface area contributed by atoms with Gasteiger partial charge in [-0.05, 0) is 38.3 Å². The van der Waals surface area contributed by atoms with Crippen molar-refractivity contribution < 1.29 is 9.59 Å². The monoisotopic (exact) mass is 317 g/mol. The first-order valence-corrected chi connectivity index (χ1v) is 9.02. The van der Waals surface area contributed by atoms with Crippen LogP contribution in [-0.4, -0.2) is 29.7 Å². The molecule has 128 valence electrons. The lowest BCUT2D eigenvalue weighted by Crippen LogP contribution is -2.31. The summed E-state index contributed by atoms with van der Waals surface area (Å²) in [6.45, 7) is 9.75. The lowest BCUT2D eigenvalue weighted by molar-refractivity contribution is 0.0763. The molecule has 1 aromatic carbocycles. The van der Waals surface area contributed by atoms with E-state index in [9.17, 15) is 9.59 Å². The van der Waals surface area contributed by atoms with Crippen molar-refractivity contribution in [3.63, 3.8) is 0 Å². The van der Waals surface area contributed by atoms with E-state index in [1.807, 2.05) is 24.0 Å². The van der Waals surface area contributed by atoms with E-state index in [0.29, 0.717) is 12.1 Å². The fourth-order valence-corrected chi connectivity index (χ4v) is 2.84. The van der Waals surface area contributed by atoms with Crippen molar-refractivity contribution in [1.29, 1.82) is 0 Å². The summed E-state index contributed by atoms with van der Waals surface area (Å²) >= 11 is 0. The summed E-state index contributed by atoms with van der Waals surface area (Å²) in [7, 11) is 0. The number of hydrogen-bond donors (Lipinski definition) is 0. The number of carbonyl (C=O) groups is 2. The van der Waals surface area contributed by atoms with Crippen molar-refractivity contribution in [3.05, 3.63) is 35.4 Å². The Morgan fingerprint density at radius 1 is 0.957 bits per heavy atom. The minimum absolute atomic E-state index is 0.0476. The molecule has 0 aliphatic rings. The summed E-state index contributed by atoms with van der Waals surface area (Å²) in [4.78, 5) is 26.8. The SMILES string of the molecule is CCCCC(CC)C(=O)c1ccc(C(=O)N(CC)CCC)cc1. The second-order valence-electron chi connectivity index (χ2n) is 6.07. The predicted molar refractivity (Wildman–Crippen MR) is 95.9 cm³/mol. The molecule has 23 heavy (non-hydrogen) atoms. The van der Waals surface area contributed by atoms with Gasteiger partial charge in [-0.3, -0.25) is 9.59 Å². The molecule has 1 unspecified atom stereocenters. The Labute approximate surface area is 141 Å². The van der Waals surface area contributed by atoms with E-state index < -0.39 is 0 Å². The third kappa shape index (κ3) is 5.49. The second-order valence-corrected chi connectivity index (χ2v) is 6.07. The Balaban J connectivity index is 2.82. The lowest BCUT2D eigenvalue weighted by Gasteiger charge is -2.20. The Morgan fingerprint density at radius 3 is 2.04 bits per heavy atom. The number of rotatable bonds is 10. The van der Waals surface area contributed by atoms with Crippen LogP contribution < -0.4 is 0 Å². The summed E-state index contributed by atoms with van der Waals surface area (Å²) in [5.74, 6) is 0.357. The van der Waals surface area contributed by atoms with Crippen molar-refractivity contribution >= 4 is 11.7 Å². The summed E-state index contributed by atoms with van der Waals surface area (Å²) in [5.41, 5.74) is 1.39. The molecule has 3 nitrogen and oxygen atoms in total. The molecular formula is C20H31NO2. The molecule has 0 aliphatic heterocycles. The largest absolute Gasteiger partial charge is 0.339 e. The normalized spacial score (nSPS) is 12.0. The van der Waals surface area contributed by atoms with E-state index in [2.05, 4.69) is 20.8 Å². The van der Waals surface area contributed by atoms with Gasteiger partial charge in [-0.2, -0.15) is 0 Å². The average Bonchev–Trinajstić information content (AvgIpc) is 2.59. The standard InChI is InChI=1S/C20H31NO2/c1-5-9-10-16(7-3)19(22)17-11-13-18(14-12-17)20(23)21(8-4)15-6-2/h11-14,16H,5-10,15H2,1-4H3. The molecule has 1 atom stereocenters. The molecule has 1 amide bonds. The smallest absolute Gasteiger partial charge is 0.253 e. The first-order valence-electron chi connectivity index (χ1n) is 9.02. The molecule has 0 fully saturated rings. The van der Waals surface area contributed by atoms with E-state index in [-0.39, 0.29) is 17.6 Å². The average molecular weight is 317 g/mol. The Kier molecular flexibility index (Phi) is 8.60. The number of Topliss-reactive ketones (excluding diaryl/α,β-unsaturated/α-hetero) is 1. The molecule has 0 saturated heterocycles. The summed E-state index contributed by atoms with van der Waals surface area (Å²) in [6, 6.07) is 7.20. The van der Waals surface area contributed by atoms with Gasteiger partial charge < -0.3 is 4.90 Å². The highest BCUT2D eigenvalue weighted by Crippen LogP contribution is 2.19. The zero-order valence-electron chi connectivity index (χ0n) is 15.1. The van der Waals surface area contributed by atoms with E-state index in [1.54, 1.807) is 12.1 Å². The van der Waals surface area contributed by atoms with Gasteiger partial charge in [-0.15, -0.1) is 0 Å². The third-order valence-corrected chi connectivity index (χ3v) is 4.35. The van der Waals surface area contributed by atoms with E-state index in [4.69, 9.17) is 0 Å². The zero-order valence-corrected chi connectivity index (χ0v) is 15.1. The van der Waals surface area contributed by atoms with Gasteiger partial charge in [0.2, 0.25) is 0 Å². The molecular weight excluding hydrogens is 286 g/mol. The van der Waals surface area contributed by atoms with Crippen LogP contribution in [0.4, 0.5) is 0 Å². The minimum Gasteiger partial charge on any atom is -0.339 e. The first-order chi connectivity index (χ1) is 11.1. The van der Waals surface area contributed by atoms with Crippen LogP contribution >= 0.6 is 0 Å². The van der Waals surface area contributed by atoms with E-state index in [1.165, 1.54) is 0 Å². The number of unbranched alkanes of at least 4 members (excludes halogenated alkanes) is 1. The number of hydrogen-bond acceptors (Lipinski definition) is 2. The Bertz CT molecular complexity index is 493. The highest BCUT2D eigenvalue weighted by atomic mass is 16.2. The van der Waals surface area contributed by atoms with Crippen LogP contribution in [0.1, 0.15) is 80.5 Å². The van der Waals surface area contributed by atoms with Gasteiger partial charge in [0.15, 0.2) is 5.78 Å². The van der Waals surface area contributed by atoms with Crippen LogP contribution in [0.2, 0.25) is 0 Å².